The molecule has 0 aromatic carbocycles. The number of anilines is 1. The molecule has 4 rings (SSSR count). The van der Waals surface area contributed by atoms with Crippen molar-refractivity contribution < 1.29 is 18.0 Å². The number of pyridine rings is 1. The Kier molecular flexibility index (Phi) is 5.35. The molecule has 7 nitrogen and oxygen atoms in total. The Bertz CT molecular complexity index is 1040. The van der Waals surface area contributed by atoms with Crippen molar-refractivity contribution in [3.05, 3.63) is 46.0 Å². The van der Waals surface area contributed by atoms with Crippen molar-refractivity contribution in [1.29, 1.82) is 0 Å². The Morgan fingerprint density at radius 2 is 2.03 bits per heavy atom. The van der Waals surface area contributed by atoms with Gasteiger partial charge in [-0.1, -0.05) is 13.8 Å². The molecule has 31 heavy (non-hydrogen) atoms. The average molecular weight is 437 g/mol. The molecule has 10 heteroatoms. The van der Waals surface area contributed by atoms with Gasteiger partial charge < -0.3 is 14.8 Å². The molecule has 1 amide bonds. The number of rotatable bonds is 3. The summed E-state index contributed by atoms with van der Waals surface area (Å²) in [5, 5.41) is 7.51. The van der Waals surface area contributed by atoms with Crippen LogP contribution < -0.4 is 10.9 Å². The molecular weight excluding hydrogens is 411 g/mol. The third-order valence-electron chi connectivity index (χ3n) is 6.23. The van der Waals surface area contributed by atoms with E-state index < -0.39 is 18.3 Å². The molecule has 168 valence electrons. The Hall–Kier alpha value is -2.78. The molecule has 0 saturated carbocycles. The highest BCUT2D eigenvalue weighted by Crippen LogP contribution is 2.42. The number of halogens is 3. The summed E-state index contributed by atoms with van der Waals surface area (Å²) in [4.78, 5) is 26.3. The van der Waals surface area contributed by atoms with Gasteiger partial charge in [0.2, 0.25) is 5.56 Å². The summed E-state index contributed by atoms with van der Waals surface area (Å²) in [6, 6.07) is 2.04. The second-order valence-corrected chi connectivity index (χ2v) is 8.71. The van der Waals surface area contributed by atoms with E-state index in [-0.39, 0.29) is 29.8 Å². The molecule has 0 spiro atoms. The zero-order valence-electron chi connectivity index (χ0n) is 17.7. The Morgan fingerprint density at radius 1 is 1.29 bits per heavy atom. The molecule has 0 aliphatic carbocycles. The van der Waals surface area contributed by atoms with Gasteiger partial charge in [-0.25, -0.2) is 4.68 Å². The third-order valence-corrected chi connectivity index (χ3v) is 6.23. The van der Waals surface area contributed by atoms with E-state index in [1.165, 1.54) is 22.9 Å². The van der Waals surface area contributed by atoms with E-state index in [0.717, 1.165) is 11.1 Å². The number of nitrogens with zero attached hydrogens (tertiary/aromatic N) is 4. The van der Waals surface area contributed by atoms with Crippen LogP contribution in [0.5, 0.6) is 0 Å². The number of hydrogen-bond donors (Lipinski definition) is 1. The highest BCUT2D eigenvalue weighted by Gasteiger charge is 2.47. The first-order valence-corrected chi connectivity index (χ1v) is 10.5. The number of aryl methyl sites for hydroxylation is 1. The number of amides is 1. The Labute approximate surface area is 177 Å². The van der Waals surface area contributed by atoms with E-state index in [1.54, 1.807) is 18.0 Å². The highest BCUT2D eigenvalue weighted by molar-refractivity contribution is 5.94. The SMILES string of the molecule is CC(C)[C@@H]1C[C@H](C(F)(F)F)n2nc(C3CCCN3C(=O)c3ccc(=O)n(C)c3)cc2N1. The molecule has 1 saturated heterocycles. The number of carbonyl (C=O) groups excluding carboxylic acids is 1. The van der Waals surface area contributed by atoms with E-state index in [1.807, 2.05) is 13.8 Å². The van der Waals surface area contributed by atoms with Crippen LogP contribution in [-0.2, 0) is 7.05 Å². The minimum Gasteiger partial charge on any atom is -0.367 e. The normalized spacial score (nSPS) is 23.7. The van der Waals surface area contributed by atoms with Gasteiger partial charge in [-0.05, 0) is 31.2 Å². The lowest BCUT2D eigenvalue weighted by Crippen LogP contribution is -2.41. The summed E-state index contributed by atoms with van der Waals surface area (Å²) >= 11 is 0. The molecule has 2 aliphatic rings. The number of hydrogen-bond acceptors (Lipinski definition) is 4. The number of alkyl halides is 3. The van der Waals surface area contributed by atoms with E-state index in [2.05, 4.69) is 10.4 Å². The van der Waals surface area contributed by atoms with Crippen molar-refractivity contribution in [2.45, 2.75) is 57.4 Å². The van der Waals surface area contributed by atoms with Gasteiger partial charge in [-0.2, -0.15) is 18.3 Å². The van der Waals surface area contributed by atoms with Crippen molar-refractivity contribution in [2.75, 3.05) is 11.9 Å². The van der Waals surface area contributed by atoms with Gasteiger partial charge in [-0.3, -0.25) is 9.59 Å². The van der Waals surface area contributed by atoms with Crippen molar-refractivity contribution in [1.82, 2.24) is 19.2 Å². The van der Waals surface area contributed by atoms with Crippen molar-refractivity contribution in [3.63, 3.8) is 0 Å². The van der Waals surface area contributed by atoms with Crippen molar-refractivity contribution in [2.24, 2.45) is 13.0 Å². The topological polar surface area (TPSA) is 72.2 Å². The maximum absolute atomic E-state index is 13.8. The fourth-order valence-electron chi connectivity index (χ4n) is 4.43. The van der Waals surface area contributed by atoms with Gasteiger partial charge in [0.15, 0.2) is 6.04 Å². The van der Waals surface area contributed by atoms with Crippen LogP contribution in [-0.4, -0.2) is 43.9 Å². The lowest BCUT2D eigenvalue weighted by atomic mass is 9.94. The highest BCUT2D eigenvalue weighted by atomic mass is 19.4. The number of likely N-dealkylation sites (tertiary alicyclic amines) is 1. The molecular formula is C21H26F3N5O2. The number of aromatic nitrogens is 3. The second-order valence-electron chi connectivity index (χ2n) is 8.71. The molecule has 0 bridgehead atoms. The maximum Gasteiger partial charge on any atom is 0.410 e. The first-order valence-electron chi connectivity index (χ1n) is 10.5. The predicted octanol–water partition coefficient (Wildman–Crippen LogP) is 3.50. The summed E-state index contributed by atoms with van der Waals surface area (Å²) in [5.74, 6) is 0.111. The summed E-state index contributed by atoms with van der Waals surface area (Å²) in [6.07, 6.45) is -1.66. The first kappa shape index (κ1) is 21.5. The lowest BCUT2D eigenvalue weighted by Gasteiger charge is -2.35. The van der Waals surface area contributed by atoms with Crippen LogP contribution in [0.2, 0.25) is 0 Å². The van der Waals surface area contributed by atoms with Crippen LogP contribution >= 0.6 is 0 Å². The standard InChI is InChI=1S/C21H26F3N5O2/c1-12(2)14-9-17(21(22,23)24)29-18(25-14)10-15(26-29)16-5-4-8-28(16)20(31)13-6-7-19(30)27(3)11-13/h6-7,10-12,14,16-17,25H,4-5,8-9H2,1-3H3/t14-,16?,17+/m0/s1. The Balaban J connectivity index is 1.66. The van der Waals surface area contributed by atoms with Gasteiger partial charge >= 0.3 is 6.18 Å². The van der Waals surface area contributed by atoms with Crippen molar-refractivity contribution >= 4 is 11.7 Å². The lowest BCUT2D eigenvalue weighted by molar-refractivity contribution is -0.174. The monoisotopic (exact) mass is 437 g/mol. The summed E-state index contributed by atoms with van der Waals surface area (Å²) in [6.45, 7) is 4.27. The van der Waals surface area contributed by atoms with E-state index in [0.29, 0.717) is 30.0 Å². The van der Waals surface area contributed by atoms with Gasteiger partial charge in [0.25, 0.3) is 5.91 Å². The fourth-order valence-corrected chi connectivity index (χ4v) is 4.43. The molecule has 4 heterocycles. The summed E-state index contributed by atoms with van der Waals surface area (Å²) in [7, 11) is 1.57. The van der Waals surface area contributed by atoms with Crippen LogP contribution in [0.4, 0.5) is 19.0 Å². The van der Waals surface area contributed by atoms with Crippen LogP contribution in [0.25, 0.3) is 0 Å². The summed E-state index contributed by atoms with van der Waals surface area (Å²) < 4.78 is 43.6. The van der Waals surface area contributed by atoms with E-state index in [4.69, 9.17) is 0 Å². The zero-order valence-corrected chi connectivity index (χ0v) is 17.7. The quantitative estimate of drug-likeness (QED) is 0.798. The van der Waals surface area contributed by atoms with Crippen molar-refractivity contribution in [3.8, 4) is 0 Å². The summed E-state index contributed by atoms with van der Waals surface area (Å²) in [5.41, 5.74) is 0.598. The van der Waals surface area contributed by atoms with Crippen LogP contribution in [0.1, 0.15) is 61.2 Å². The molecule has 1 fully saturated rings. The van der Waals surface area contributed by atoms with Gasteiger partial charge in [-0.15, -0.1) is 0 Å². The van der Waals surface area contributed by atoms with Gasteiger partial charge in [0.05, 0.1) is 17.3 Å². The van der Waals surface area contributed by atoms with E-state index in [9.17, 15) is 22.8 Å². The molecule has 2 aliphatic heterocycles. The number of carbonyl (C=O) groups is 1. The van der Waals surface area contributed by atoms with Gasteiger partial charge in [0, 0.05) is 38.0 Å². The molecule has 3 atom stereocenters. The minimum atomic E-state index is -4.41. The van der Waals surface area contributed by atoms with Crippen LogP contribution in [0.15, 0.2) is 29.2 Å². The predicted molar refractivity (Wildman–Crippen MR) is 109 cm³/mol. The van der Waals surface area contributed by atoms with Gasteiger partial charge in [0.1, 0.15) is 5.82 Å². The molecule has 2 aromatic heterocycles. The number of nitrogens with one attached hydrogen (secondary N) is 1. The number of fused-ring (bicyclic) bond motifs is 1. The average Bonchev–Trinajstić information content (AvgIpc) is 3.34. The van der Waals surface area contributed by atoms with E-state index >= 15 is 0 Å². The maximum atomic E-state index is 13.8. The smallest absolute Gasteiger partial charge is 0.367 e. The zero-order chi connectivity index (χ0) is 22.5. The Morgan fingerprint density at radius 3 is 2.68 bits per heavy atom. The molecule has 0 radical (unpaired) electrons. The molecule has 2 aromatic rings. The van der Waals surface area contributed by atoms with Crippen LogP contribution in [0, 0.1) is 5.92 Å². The third kappa shape index (κ3) is 3.95. The first-order chi connectivity index (χ1) is 14.6. The fraction of sp³-hybridized carbons (Fsp3) is 0.571. The molecule has 1 unspecified atom stereocenters. The second kappa shape index (κ2) is 7.72. The molecule has 1 N–H and O–H groups in total. The minimum absolute atomic E-state index is 0.0335. The van der Waals surface area contributed by atoms with Crippen LogP contribution in [0.3, 0.4) is 0 Å². The largest absolute Gasteiger partial charge is 0.410 e.